The van der Waals surface area contributed by atoms with Crippen LogP contribution in [0.1, 0.15) is 51.4 Å². The number of ether oxygens (including phenoxy) is 2. The number of carbonyl (C=O) groups is 1. The minimum atomic E-state index is 0.342. The maximum absolute atomic E-state index is 12.2. The van der Waals surface area contributed by atoms with Crippen LogP contribution in [0.15, 0.2) is 0 Å². The fourth-order valence-corrected chi connectivity index (χ4v) is 4.56. The fraction of sp³-hybridized carbons (Fsp3) is 0.947. The van der Waals surface area contributed by atoms with Crippen molar-refractivity contribution >= 4 is 5.91 Å². The summed E-state index contributed by atoms with van der Waals surface area (Å²) in [5.41, 5.74) is 0.366. The van der Waals surface area contributed by atoms with E-state index in [1.807, 2.05) is 0 Å². The van der Waals surface area contributed by atoms with E-state index in [4.69, 9.17) is 9.47 Å². The summed E-state index contributed by atoms with van der Waals surface area (Å²) in [7, 11) is 1.73. The highest BCUT2D eigenvalue weighted by Gasteiger charge is 2.40. The molecule has 3 aliphatic heterocycles. The van der Waals surface area contributed by atoms with Gasteiger partial charge in [0.15, 0.2) is 0 Å². The Morgan fingerprint density at radius 1 is 1.25 bits per heavy atom. The van der Waals surface area contributed by atoms with E-state index < -0.39 is 0 Å². The number of carbonyl (C=O) groups excluding carboxylic acids is 1. The second-order valence-corrected chi connectivity index (χ2v) is 7.95. The average molecular weight is 338 g/mol. The van der Waals surface area contributed by atoms with Crippen molar-refractivity contribution in [3.63, 3.8) is 0 Å². The number of hydrogen-bond acceptors (Lipinski definition) is 4. The lowest BCUT2D eigenvalue weighted by atomic mass is 9.72. The number of amides is 1. The van der Waals surface area contributed by atoms with Gasteiger partial charge in [0, 0.05) is 46.4 Å². The monoisotopic (exact) mass is 338 g/mol. The molecule has 0 N–H and O–H groups in total. The molecular weight excluding hydrogens is 304 g/mol. The Balaban J connectivity index is 1.46. The van der Waals surface area contributed by atoms with E-state index in [1.165, 1.54) is 45.2 Å². The van der Waals surface area contributed by atoms with Gasteiger partial charge < -0.3 is 19.3 Å². The van der Waals surface area contributed by atoms with Crippen LogP contribution in [0.4, 0.5) is 0 Å². The summed E-state index contributed by atoms with van der Waals surface area (Å²) in [5, 5.41) is 0. The third-order valence-electron chi connectivity index (χ3n) is 6.18. The number of methoxy groups -OCH3 is 1. The van der Waals surface area contributed by atoms with Crippen LogP contribution in [0.2, 0.25) is 0 Å². The first-order chi connectivity index (χ1) is 11.7. The Morgan fingerprint density at radius 3 is 2.79 bits per heavy atom. The second-order valence-electron chi connectivity index (χ2n) is 7.95. The van der Waals surface area contributed by atoms with E-state index in [0.717, 1.165) is 52.1 Å². The third kappa shape index (κ3) is 4.70. The normalized spacial score (nSPS) is 28.5. The zero-order valence-electron chi connectivity index (χ0n) is 15.3. The van der Waals surface area contributed by atoms with Gasteiger partial charge in [0.05, 0.1) is 6.10 Å². The Bertz CT molecular complexity index is 401. The van der Waals surface area contributed by atoms with Crippen molar-refractivity contribution < 1.29 is 14.3 Å². The van der Waals surface area contributed by atoms with E-state index in [0.29, 0.717) is 17.4 Å². The van der Waals surface area contributed by atoms with Gasteiger partial charge in [-0.2, -0.15) is 0 Å². The van der Waals surface area contributed by atoms with Crippen LogP contribution in [0.3, 0.4) is 0 Å². The predicted octanol–water partition coefficient (Wildman–Crippen LogP) is 2.30. The molecule has 1 spiro atoms. The first-order valence-corrected chi connectivity index (χ1v) is 9.81. The fourth-order valence-electron chi connectivity index (χ4n) is 4.56. The molecule has 0 saturated carbocycles. The van der Waals surface area contributed by atoms with Gasteiger partial charge in [0.25, 0.3) is 0 Å². The first kappa shape index (κ1) is 18.2. The molecule has 5 nitrogen and oxygen atoms in total. The lowest BCUT2D eigenvalue weighted by Gasteiger charge is -2.48. The van der Waals surface area contributed by atoms with E-state index >= 15 is 0 Å². The molecule has 0 aromatic heterocycles. The highest BCUT2D eigenvalue weighted by molar-refractivity contribution is 5.77. The number of rotatable bonds is 6. The van der Waals surface area contributed by atoms with Crippen LogP contribution in [-0.4, -0.2) is 74.9 Å². The molecule has 3 heterocycles. The van der Waals surface area contributed by atoms with Gasteiger partial charge in [-0.05, 0) is 63.5 Å². The maximum Gasteiger partial charge on any atom is 0.222 e. The Morgan fingerprint density at radius 2 is 2.08 bits per heavy atom. The highest BCUT2D eigenvalue weighted by Crippen LogP contribution is 2.40. The molecule has 0 aromatic rings. The van der Waals surface area contributed by atoms with Crippen molar-refractivity contribution in [2.45, 2.75) is 57.5 Å². The van der Waals surface area contributed by atoms with Crippen LogP contribution in [-0.2, 0) is 14.3 Å². The minimum Gasteiger partial charge on any atom is -0.385 e. The van der Waals surface area contributed by atoms with Crippen LogP contribution < -0.4 is 0 Å². The number of likely N-dealkylation sites (tertiary alicyclic amines) is 2. The Kier molecular flexibility index (Phi) is 6.53. The molecule has 0 aliphatic carbocycles. The van der Waals surface area contributed by atoms with Crippen LogP contribution in [0.25, 0.3) is 0 Å². The summed E-state index contributed by atoms with van der Waals surface area (Å²) in [5.74, 6) is 0.342. The van der Waals surface area contributed by atoms with Crippen LogP contribution in [0.5, 0.6) is 0 Å². The van der Waals surface area contributed by atoms with Crippen molar-refractivity contribution in [2.75, 3.05) is 53.0 Å². The third-order valence-corrected chi connectivity index (χ3v) is 6.18. The van der Waals surface area contributed by atoms with Crippen molar-refractivity contribution in [2.24, 2.45) is 5.41 Å². The lowest BCUT2D eigenvalue weighted by Crippen LogP contribution is -2.52. The average Bonchev–Trinajstić information content (AvgIpc) is 2.61. The van der Waals surface area contributed by atoms with E-state index in [-0.39, 0.29) is 0 Å². The molecule has 0 radical (unpaired) electrons. The Labute approximate surface area is 146 Å². The second kappa shape index (κ2) is 8.63. The van der Waals surface area contributed by atoms with Crippen molar-refractivity contribution in [3.05, 3.63) is 0 Å². The summed E-state index contributed by atoms with van der Waals surface area (Å²) in [6, 6.07) is 0. The molecule has 24 heavy (non-hydrogen) atoms. The quantitative estimate of drug-likeness (QED) is 0.697. The predicted molar refractivity (Wildman–Crippen MR) is 94.0 cm³/mol. The van der Waals surface area contributed by atoms with Gasteiger partial charge in [-0.15, -0.1) is 0 Å². The van der Waals surface area contributed by atoms with Gasteiger partial charge >= 0.3 is 0 Å². The molecule has 0 unspecified atom stereocenters. The van der Waals surface area contributed by atoms with Crippen molar-refractivity contribution in [1.82, 2.24) is 9.80 Å². The smallest absolute Gasteiger partial charge is 0.222 e. The summed E-state index contributed by atoms with van der Waals surface area (Å²) in [6.07, 6.45) is 9.45. The number of piperidine rings is 2. The molecule has 3 aliphatic rings. The van der Waals surface area contributed by atoms with Gasteiger partial charge in [0.1, 0.15) is 0 Å². The van der Waals surface area contributed by atoms with Gasteiger partial charge in [0.2, 0.25) is 5.91 Å². The van der Waals surface area contributed by atoms with Crippen molar-refractivity contribution in [1.29, 1.82) is 0 Å². The van der Waals surface area contributed by atoms with Gasteiger partial charge in [-0.1, -0.05) is 0 Å². The summed E-state index contributed by atoms with van der Waals surface area (Å²) < 4.78 is 11.0. The standard InChI is InChI=1S/C19H34N2O3/c1-23-13-4-10-21-16-19(7-6-18(21)22)8-11-20(12-9-19)15-17-5-2-3-14-24-17/h17H,2-16H2,1H3/t17-/m0/s1. The largest absolute Gasteiger partial charge is 0.385 e. The van der Waals surface area contributed by atoms with E-state index in [9.17, 15) is 4.79 Å². The van der Waals surface area contributed by atoms with Crippen molar-refractivity contribution in [3.8, 4) is 0 Å². The molecular formula is C19H34N2O3. The maximum atomic E-state index is 12.2. The van der Waals surface area contributed by atoms with Crippen LogP contribution >= 0.6 is 0 Å². The van der Waals surface area contributed by atoms with E-state index in [2.05, 4.69) is 9.80 Å². The molecule has 3 saturated heterocycles. The molecule has 0 aromatic carbocycles. The molecule has 1 amide bonds. The minimum absolute atomic E-state index is 0.342. The van der Waals surface area contributed by atoms with Gasteiger partial charge in [-0.3, -0.25) is 4.79 Å². The molecule has 3 rings (SSSR count). The SMILES string of the molecule is COCCCN1CC2(CCC1=O)CCN(C[C@@H]1CCCCO1)CC2. The molecule has 5 heteroatoms. The molecule has 1 atom stereocenters. The number of nitrogens with zero attached hydrogens (tertiary/aromatic N) is 2. The zero-order chi connectivity index (χ0) is 16.8. The summed E-state index contributed by atoms with van der Waals surface area (Å²) in [6.45, 7) is 6.94. The number of hydrogen-bond donors (Lipinski definition) is 0. The molecule has 138 valence electrons. The Hall–Kier alpha value is -0.650. The molecule has 0 bridgehead atoms. The summed E-state index contributed by atoms with van der Waals surface area (Å²) in [4.78, 5) is 16.9. The first-order valence-electron chi connectivity index (χ1n) is 9.81. The highest BCUT2D eigenvalue weighted by atomic mass is 16.5. The molecule has 3 fully saturated rings. The zero-order valence-corrected chi connectivity index (χ0v) is 15.3. The summed E-state index contributed by atoms with van der Waals surface area (Å²) >= 11 is 0. The topological polar surface area (TPSA) is 42.0 Å². The lowest BCUT2D eigenvalue weighted by molar-refractivity contribution is -0.139. The van der Waals surface area contributed by atoms with E-state index in [1.54, 1.807) is 7.11 Å². The van der Waals surface area contributed by atoms with Crippen LogP contribution in [0, 0.1) is 5.41 Å². The van der Waals surface area contributed by atoms with Gasteiger partial charge in [-0.25, -0.2) is 0 Å².